The van der Waals surface area contributed by atoms with Crippen LogP contribution in [0.25, 0.3) is 5.69 Å². The molecule has 0 spiro atoms. The van der Waals surface area contributed by atoms with E-state index in [1.165, 1.54) is 18.2 Å². The van der Waals surface area contributed by atoms with Crippen LogP contribution in [0.2, 0.25) is 5.02 Å². The Hall–Kier alpha value is -4.13. The minimum Gasteiger partial charge on any atom is -0.391 e. The molecule has 1 aliphatic carbocycles. The predicted molar refractivity (Wildman–Crippen MR) is 136 cm³/mol. The minimum atomic E-state index is -5.34. The molecule has 0 amide bonds. The first-order valence-electron chi connectivity index (χ1n) is 11.7. The molecule has 0 saturated heterocycles. The summed E-state index contributed by atoms with van der Waals surface area (Å²) < 4.78 is 39.5. The smallest absolute Gasteiger partial charge is 0.391 e. The van der Waals surface area contributed by atoms with Crippen molar-refractivity contribution >= 4 is 29.2 Å². The van der Waals surface area contributed by atoms with Crippen molar-refractivity contribution in [2.45, 2.75) is 31.3 Å². The lowest BCUT2D eigenvalue weighted by atomic mass is 10.1. The van der Waals surface area contributed by atoms with Gasteiger partial charge in [-0.25, -0.2) is 9.59 Å². The lowest BCUT2D eigenvalue weighted by Crippen LogP contribution is -2.39. The van der Waals surface area contributed by atoms with Gasteiger partial charge in [0.2, 0.25) is 0 Å². The summed E-state index contributed by atoms with van der Waals surface area (Å²) in [6.07, 6.45) is -5.31. The highest BCUT2D eigenvalue weighted by atomic mass is 35.5. The molecular weight excluding hydrogens is 539 g/mol. The maximum Gasteiger partial charge on any atom is 0.493 e. The van der Waals surface area contributed by atoms with Crippen LogP contribution >= 0.6 is 11.6 Å². The summed E-state index contributed by atoms with van der Waals surface area (Å²) in [5.74, 6) is -3.05. The third-order valence-electron chi connectivity index (χ3n) is 6.14. The van der Waals surface area contributed by atoms with Gasteiger partial charge in [0.05, 0.1) is 17.8 Å². The van der Waals surface area contributed by atoms with Crippen LogP contribution in [0.5, 0.6) is 0 Å². The molecule has 13 heteroatoms. The third kappa shape index (κ3) is 5.67. The molecule has 0 radical (unpaired) electrons. The number of nitrogens with zero attached hydrogens (tertiary/aromatic N) is 3. The van der Waals surface area contributed by atoms with Crippen LogP contribution in [0, 0.1) is 0 Å². The van der Waals surface area contributed by atoms with E-state index < -0.39 is 29.9 Å². The lowest BCUT2D eigenvalue weighted by Gasteiger charge is -2.18. The van der Waals surface area contributed by atoms with E-state index in [-0.39, 0.29) is 21.5 Å². The fourth-order valence-electron chi connectivity index (χ4n) is 4.31. The second-order valence-corrected chi connectivity index (χ2v) is 9.26. The van der Waals surface area contributed by atoms with Crippen LogP contribution in [0.4, 0.5) is 24.8 Å². The van der Waals surface area contributed by atoms with Gasteiger partial charge >= 0.3 is 17.8 Å². The van der Waals surface area contributed by atoms with Crippen molar-refractivity contribution in [2.75, 3.05) is 5.32 Å². The van der Waals surface area contributed by atoms with Gasteiger partial charge in [-0.3, -0.25) is 0 Å². The Morgan fingerprint density at radius 3 is 2.56 bits per heavy atom. The third-order valence-corrected chi connectivity index (χ3v) is 6.38. The number of anilines is 2. The average Bonchev–Trinajstić information content (AvgIpc) is 3.38. The summed E-state index contributed by atoms with van der Waals surface area (Å²) in [6.45, 7) is 0.438. The number of alkyl halides is 3. The fourth-order valence-corrected chi connectivity index (χ4v) is 4.49. The number of fused-ring (bicyclic) bond motifs is 1. The number of hydrogen-bond donors (Lipinski definition) is 3. The lowest BCUT2D eigenvalue weighted by molar-refractivity contribution is -0.200. The van der Waals surface area contributed by atoms with Gasteiger partial charge < -0.3 is 20.6 Å². The maximum absolute atomic E-state index is 12.9. The van der Waals surface area contributed by atoms with Crippen LogP contribution in [-0.4, -0.2) is 37.9 Å². The van der Waals surface area contributed by atoms with Crippen molar-refractivity contribution < 1.29 is 27.9 Å². The summed E-state index contributed by atoms with van der Waals surface area (Å²) in [4.78, 5) is 28.7. The molecule has 5 rings (SSSR count). The Bertz CT molecular complexity index is 1570. The number of aromatic nitrogens is 3. The number of carbonyl (C=O) groups excluding carboxylic acids is 1. The first-order chi connectivity index (χ1) is 18.6. The molecule has 0 bridgehead atoms. The summed E-state index contributed by atoms with van der Waals surface area (Å²) in [7, 11) is 0. The number of rotatable bonds is 7. The Labute approximate surface area is 224 Å². The summed E-state index contributed by atoms with van der Waals surface area (Å²) in [6, 6.07) is 20.2. The van der Waals surface area contributed by atoms with Gasteiger partial charge in [-0.2, -0.15) is 17.9 Å². The monoisotopic (exact) mass is 559 g/mol. The Kier molecular flexibility index (Phi) is 7.17. The number of benzene rings is 3. The zero-order chi connectivity index (χ0) is 27.7. The van der Waals surface area contributed by atoms with E-state index in [9.17, 15) is 27.9 Å². The highest BCUT2D eigenvalue weighted by molar-refractivity contribution is 6.30. The molecule has 9 nitrogen and oxygen atoms in total. The van der Waals surface area contributed by atoms with Gasteiger partial charge in [0.1, 0.15) is 0 Å². The Morgan fingerprint density at radius 1 is 1.10 bits per heavy atom. The molecule has 202 valence electrons. The summed E-state index contributed by atoms with van der Waals surface area (Å²) in [5, 5.41) is 20.8. The number of nitrogens with one attached hydrogen (secondary N) is 2. The first-order valence-corrected chi connectivity index (χ1v) is 12.1. The Morgan fingerprint density at radius 2 is 1.85 bits per heavy atom. The van der Waals surface area contributed by atoms with Crippen molar-refractivity contribution in [1.82, 2.24) is 19.8 Å². The molecule has 1 aromatic heterocycles. The van der Waals surface area contributed by atoms with Gasteiger partial charge in [0.25, 0.3) is 5.95 Å². The first kappa shape index (κ1) is 26.5. The van der Waals surface area contributed by atoms with Crippen LogP contribution in [-0.2, 0) is 17.8 Å². The second kappa shape index (κ2) is 10.6. The molecule has 0 aliphatic heterocycles. The minimum absolute atomic E-state index is 0.130. The summed E-state index contributed by atoms with van der Waals surface area (Å²) >= 11 is 5.96. The highest BCUT2D eigenvalue weighted by Crippen LogP contribution is 2.31. The van der Waals surface area contributed by atoms with E-state index in [0.29, 0.717) is 18.7 Å². The van der Waals surface area contributed by atoms with Gasteiger partial charge in [-0.1, -0.05) is 58.8 Å². The van der Waals surface area contributed by atoms with Crippen LogP contribution in [0.3, 0.4) is 0 Å². The molecule has 0 fully saturated rings. The number of aliphatic hydroxyl groups excluding tert-OH is 1. The van der Waals surface area contributed by atoms with Crippen molar-refractivity contribution in [1.29, 1.82) is 0 Å². The summed E-state index contributed by atoms with van der Waals surface area (Å²) in [5.41, 5.74) is 2.35. The van der Waals surface area contributed by atoms with Gasteiger partial charge in [-0.05, 0) is 47.0 Å². The van der Waals surface area contributed by atoms with Crippen molar-refractivity contribution in [2.24, 2.45) is 0 Å². The Balaban J connectivity index is 1.35. The van der Waals surface area contributed by atoms with E-state index in [1.807, 2.05) is 24.3 Å². The zero-order valence-electron chi connectivity index (χ0n) is 20.0. The van der Waals surface area contributed by atoms with E-state index in [1.54, 1.807) is 30.3 Å². The molecule has 2 atom stereocenters. The molecule has 0 unspecified atom stereocenters. The number of hydrogen-bond acceptors (Lipinski definition) is 7. The van der Waals surface area contributed by atoms with Crippen molar-refractivity contribution in [3.8, 4) is 5.69 Å². The van der Waals surface area contributed by atoms with Gasteiger partial charge in [-0.15, -0.1) is 5.10 Å². The number of aliphatic hydroxyl groups is 1. The molecule has 39 heavy (non-hydrogen) atoms. The molecule has 3 N–H and O–H groups in total. The van der Waals surface area contributed by atoms with Crippen LogP contribution in [0.1, 0.15) is 22.7 Å². The zero-order valence-corrected chi connectivity index (χ0v) is 20.8. The SMILES string of the molecule is O=C(On1c(Nc2ccc(CN[C@@H]3c4ccccc4C[C@@H]3O)cc2)nn(-c2cccc(Cl)c2)c1=O)C(F)(F)F. The quantitative estimate of drug-likeness (QED) is 0.317. The van der Waals surface area contributed by atoms with Crippen molar-refractivity contribution in [3.05, 3.63) is 105 Å². The molecule has 4 aromatic rings. The molecule has 3 aromatic carbocycles. The maximum atomic E-state index is 12.9. The van der Waals surface area contributed by atoms with E-state index in [4.69, 9.17) is 11.6 Å². The molecule has 1 aliphatic rings. The topological polar surface area (TPSA) is 110 Å². The van der Waals surface area contributed by atoms with Crippen LogP contribution < -0.4 is 21.2 Å². The molecule has 0 saturated carbocycles. The van der Waals surface area contributed by atoms with E-state index in [0.717, 1.165) is 21.4 Å². The molecule has 1 heterocycles. The largest absolute Gasteiger partial charge is 0.493 e. The number of carbonyl (C=O) groups is 1. The number of halogens is 4. The van der Waals surface area contributed by atoms with E-state index >= 15 is 0 Å². The second-order valence-electron chi connectivity index (χ2n) is 8.82. The predicted octanol–water partition coefficient (Wildman–Crippen LogP) is 3.70. The van der Waals surface area contributed by atoms with Gasteiger partial charge in [0.15, 0.2) is 0 Å². The highest BCUT2D eigenvalue weighted by Gasteiger charge is 2.43. The van der Waals surface area contributed by atoms with E-state index in [2.05, 4.69) is 20.6 Å². The average molecular weight is 560 g/mol. The standard InChI is InChI=1S/C26H21ClF3N5O4/c27-17-5-3-6-19(13-17)34-25(38)35(39-23(37)26(28,29)30)24(33-34)32-18-10-8-15(9-11-18)14-31-22-20-7-2-1-4-16(20)12-21(22)36/h1-11,13,21-22,31,36H,12,14H2,(H,32,33)/t21-,22+/m0/s1. The van der Waals surface area contributed by atoms with Crippen LogP contribution in [0.15, 0.2) is 77.6 Å². The molecular formula is C26H21ClF3N5O4. The van der Waals surface area contributed by atoms with Gasteiger partial charge in [0, 0.05) is 23.7 Å². The fraction of sp³-hybridized carbons (Fsp3) is 0.192. The normalized spacial score (nSPS) is 16.6. The van der Waals surface area contributed by atoms with Crippen molar-refractivity contribution in [3.63, 3.8) is 0 Å².